The number of nitrogens with one attached hydrogen (secondary N) is 4. The summed E-state index contributed by atoms with van der Waals surface area (Å²) in [7, 11) is 1.90. The molecular formula is C47H73N7O11S. The van der Waals surface area contributed by atoms with E-state index >= 15 is 0 Å². The third kappa shape index (κ3) is 17.8. The van der Waals surface area contributed by atoms with Crippen molar-refractivity contribution in [3.05, 3.63) is 45.9 Å². The molecule has 1 aliphatic rings. The fraction of sp³-hybridized carbons (Fsp3) is 0.660. The quantitative estimate of drug-likeness (QED) is 0.0363. The minimum Gasteiger partial charge on any atom is -0.508 e. The second-order valence-electron chi connectivity index (χ2n) is 18.1. The van der Waals surface area contributed by atoms with Gasteiger partial charge in [0.25, 0.3) is 5.91 Å². The Kier molecular flexibility index (Phi) is 22.8. The van der Waals surface area contributed by atoms with Crippen molar-refractivity contribution in [3.63, 3.8) is 0 Å². The van der Waals surface area contributed by atoms with Crippen molar-refractivity contribution in [3.8, 4) is 5.75 Å². The van der Waals surface area contributed by atoms with Crippen molar-refractivity contribution in [1.29, 1.82) is 0 Å². The molecular weight excluding hydrogens is 871 g/mol. The molecule has 7 atom stereocenters. The number of rotatable bonds is 24. The van der Waals surface area contributed by atoms with Crippen LogP contribution in [0.15, 0.2) is 29.6 Å². The van der Waals surface area contributed by atoms with Crippen LogP contribution >= 0.6 is 11.3 Å². The smallest absolute Gasteiger partial charge is 0.426 e. The molecule has 1 aliphatic heterocycles. The van der Waals surface area contributed by atoms with Gasteiger partial charge in [-0.25, -0.2) is 15.2 Å². The maximum atomic E-state index is 14.9. The van der Waals surface area contributed by atoms with E-state index in [2.05, 4.69) is 26.5 Å². The van der Waals surface area contributed by atoms with E-state index < -0.39 is 78.7 Å². The molecule has 66 heavy (non-hydrogen) atoms. The number of phenolic OH excluding ortho intramolecular Hbond substituents is 1. The number of nitrogens with zero attached hydrogens (tertiary/aromatic N) is 3. The molecule has 368 valence electrons. The van der Waals surface area contributed by atoms with Gasteiger partial charge < -0.3 is 34.9 Å². The number of phenols is 1. The number of hydrogen-bond donors (Lipinski definition) is 5. The summed E-state index contributed by atoms with van der Waals surface area (Å²) in [5, 5.41) is 17.7. The van der Waals surface area contributed by atoms with E-state index in [0.717, 1.165) is 36.3 Å². The molecule has 1 saturated heterocycles. The van der Waals surface area contributed by atoms with Gasteiger partial charge in [-0.1, -0.05) is 80.4 Å². The average Bonchev–Trinajstić information content (AvgIpc) is 3.76. The number of carbonyl (C=O) groups is 7. The number of aromatic hydroxyl groups is 1. The largest absolute Gasteiger partial charge is 0.508 e. The summed E-state index contributed by atoms with van der Waals surface area (Å²) in [5.74, 6) is -4.08. The SMILES string of the molecule is CCCOC(=O)NNC(=O)[C@@H](C)C[C@H](Cc1ccc(O)cc1)NC(=O)c1csc([C@H](C[C@H](C(C)C)N(COC(=O)CC(C)C)C(=O)[C@@H](NC(=O)[C@H]2CCCCN2C)C(C)CC)OC(C)=O)n1. The average molecular weight is 944 g/mol. The van der Waals surface area contributed by atoms with Gasteiger partial charge in [-0.15, -0.1) is 11.3 Å². The zero-order valence-electron chi connectivity index (χ0n) is 40.3. The molecule has 1 aromatic heterocycles. The number of piperidine rings is 1. The number of thiazole rings is 1. The number of benzene rings is 1. The number of esters is 2. The molecule has 2 aromatic rings. The molecule has 1 fully saturated rings. The molecule has 0 radical (unpaired) electrons. The fourth-order valence-electron chi connectivity index (χ4n) is 7.66. The lowest BCUT2D eigenvalue weighted by Gasteiger charge is -2.39. The highest BCUT2D eigenvalue weighted by Gasteiger charge is 2.39. The highest BCUT2D eigenvalue weighted by Crippen LogP contribution is 2.32. The lowest BCUT2D eigenvalue weighted by Crippen LogP contribution is -2.59. The molecule has 1 unspecified atom stereocenters. The van der Waals surface area contributed by atoms with Gasteiger partial charge in [-0.05, 0) is 81.1 Å². The lowest BCUT2D eigenvalue weighted by molar-refractivity contribution is -0.161. The van der Waals surface area contributed by atoms with E-state index in [1.165, 1.54) is 29.3 Å². The van der Waals surface area contributed by atoms with Crippen LogP contribution < -0.4 is 21.5 Å². The third-order valence-electron chi connectivity index (χ3n) is 11.6. The Morgan fingerprint density at radius 2 is 1.64 bits per heavy atom. The molecule has 0 saturated carbocycles. The minimum atomic E-state index is -1.04. The Morgan fingerprint density at radius 3 is 2.24 bits per heavy atom. The van der Waals surface area contributed by atoms with E-state index in [1.807, 2.05) is 60.4 Å². The van der Waals surface area contributed by atoms with Crippen LogP contribution in [0.5, 0.6) is 5.75 Å². The molecule has 19 heteroatoms. The summed E-state index contributed by atoms with van der Waals surface area (Å²) in [5.41, 5.74) is 5.36. The minimum absolute atomic E-state index is 0.00251. The van der Waals surface area contributed by atoms with E-state index in [9.17, 15) is 38.7 Å². The second-order valence-corrected chi connectivity index (χ2v) is 18.9. The Morgan fingerprint density at radius 1 is 0.939 bits per heavy atom. The molecule has 0 spiro atoms. The van der Waals surface area contributed by atoms with Gasteiger partial charge in [0.2, 0.25) is 17.7 Å². The first-order valence-corrected chi connectivity index (χ1v) is 24.0. The number of hydrazine groups is 1. The summed E-state index contributed by atoms with van der Waals surface area (Å²) in [6, 6.07) is 3.77. The monoisotopic (exact) mass is 944 g/mol. The van der Waals surface area contributed by atoms with Gasteiger partial charge in [0.15, 0.2) is 12.8 Å². The molecule has 3 rings (SSSR count). The molecule has 0 aliphatic carbocycles. The number of likely N-dealkylation sites (tertiary alicyclic amines) is 1. The van der Waals surface area contributed by atoms with Crippen LogP contribution in [0.4, 0.5) is 4.79 Å². The van der Waals surface area contributed by atoms with Crippen molar-refractivity contribution < 1.29 is 52.9 Å². The number of amides is 5. The highest BCUT2D eigenvalue weighted by molar-refractivity contribution is 7.09. The van der Waals surface area contributed by atoms with E-state index in [1.54, 1.807) is 19.1 Å². The summed E-state index contributed by atoms with van der Waals surface area (Å²) in [6.07, 6.45) is 2.44. The van der Waals surface area contributed by atoms with Crippen molar-refractivity contribution in [2.45, 2.75) is 150 Å². The number of aromatic nitrogens is 1. The maximum absolute atomic E-state index is 14.9. The normalized spacial score (nSPS) is 16.8. The number of hydrogen-bond acceptors (Lipinski definition) is 14. The maximum Gasteiger partial charge on any atom is 0.426 e. The van der Waals surface area contributed by atoms with Gasteiger partial charge in [0, 0.05) is 43.1 Å². The fourth-order valence-corrected chi connectivity index (χ4v) is 8.50. The molecule has 0 bridgehead atoms. The summed E-state index contributed by atoms with van der Waals surface area (Å²) >= 11 is 1.09. The molecule has 1 aromatic carbocycles. The van der Waals surface area contributed by atoms with Crippen LogP contribution in [0.3, 0.4) is 0 Å². The van der Waals surface area contributed by atoms with E-state index in [4.69, 9.17) is 14.2 Å². The highest BCUT2D eigenvalue weighted by atomic mass is 32.1. The van der Waals surface area contributed by atoms with Gasteiger partial charge in [-0.3, -0.25) is 39.1 Å². The Balaban J connectivity index is 1.94. The van der Waals surface area contributed by atoms with Crippen LogP contribution in [0, 0.1) is 23.7 Å². The van der Waals surface area contributed by atoms with Crippen molar-refractivity contribution in [1.82, 2.24) is 36.3 Å². The summed E-state index contributed by atoms with van der Waals surface area (Å²) < 4.78 is 16.6. The number of carbonyl (C=O) groups excluding carboxylic acids is 7. The predicted molar refractivity (Wildman–Crippen MR) is 249 cm³/mol. The van der Waals surface area contributed by atoms with Gasteiger partial charge in [0.05, 0.1) is 12.6 Å². The van der Waals surface area contributed by atoms with Crippen LogP contribution in [0.25, 0.3) is 0 Å². The first kappa shape index (κ1) is 55.0. The molecule has 18 nitrogen and oxygen atoms in total. The van der Waals surface area contributed by atoms with Crippen molar-refractivity contribution in [2.75, 3.05) is 26.9 Å². The Bertz CT molecular complexity index is 1910. The predicted octanol–water partition coefficient (Wildman–Crippen LogP) is 5.79. The number of likely N-dealkylation sites (N-methyl/N-ethyl adjacent to an activating group) is 1. The Labute approximate surface area is 393 Å². The topological polar surface area (TPSA) is 235 Å². The molecule has 2 heterocycles. The Hall–Kier alpha value is -5.30. The van der Waals surface area contributed by atoms with Crippen LogP contribution in [-0.4, -0.2) is 113 Å². The third-order valence-corrected chi connectivity index (χ3v) is 12.5. The first-order valence-electron chi connectivity index (χ1n) is 23.1. The van der Waals surface area contributed by atoms with Crippen LogP contribution in [-0.2, 0) is 44.6 Å². The van der Waals surface area contributed by atoms with Gasteiger partial charge in [-0.2, -0.15) is 0 Å². The lowest BCUT2D eigenvalue weighted by atomic mass is 9.92. The standard InChI is InChI=1S/C47H73N7O11S/c1-11-21-63-47(62)52-51-42(58)31(8)23-34(24-33-16-18-35(56)19-17-33)48-43(59)36-26-66-45(49-36)39(65-32(9)55)25-38(29(5)6)54(27-64-40(57)22-28(3)4)46(61)41(30(7)12-2)50-44(60)37-15-13-14-20-53(37)10/h16-19,26,28-31,34,37-39,41,56H,11-15,20-25,27H2,1-10H3,(H,48,59)(H,50,60)(H,51,58)(H,52,62)/t30?,31-,34+,37+,38+,39-,41-/m0/s1. The molecule has 5 N–H and O–H groups in total. The van der Waals surface area contributed by atoms with Crippen LogP contribution in [0.2, 0.25) is 0 Å². The first-order chi connectivity index (χ1) is 31.2. The zero-order chi connectivity index (χ0) is 49.1. The van der Waals surface area contributed by atoms with Crippen molar-refractivity contribution in [2.24, 2.45) is 23.7 Å². The second kappa shape index (κ2) is 27.4. The van der Waals surface area contributed by atoms with Gasteiger partial charge in [0.1, 0.15) is 22.5 Å². The van der Waals surface area contributed by atoms with Gasteiger partial charge >= 0.3 is 18.0 Å². The summed E-state index contributed by atoms with van der Waals surface area (Å²) in [4.78, 5) is 101. The van der Waals surface area contributed by atoms with Crippen LogP contribution in [0.1, 0.15) is 141 Å². The van der Waals surface area contributed by atoms with Crippen molar-refractivity contribution >= 4 is 53.0 Å². The molecule has 5 amide bonds. The number of ether oxygens (including phenoxy) is 3. The van der Waals surface area contributed by atoms with E-state index in [-0.39, 0.29) is 72.4 Å². The van der Waals surface area contributed by atoms with E-state index in [0.29, 0.717) is 19.3 Å². The summed E-state index contributed by atoms with van der Waals surface area (Å²) in [6.45, 7) is 16.6. The zero-order valence-corrected chi connectivity index (χ0v) is 41.2.